The Morgan fingerprint density at radius 2 is 1.20 bits per heavy atom. The first-order chi connectivity index (χ1) is 1.00. The molecule has 5 heavy (non-hydrogen) atoms. The van der Waals surface area contributed by atoms with E-state index in [1.807, 2.05) is 0 Å². The van der Waals surface area contributed by atoms with Crippen LogP contribution in [-0.4, -0.2) is 62.8 Å². The van der Waals surface area contributed by atoms with Gasteiger partial charge in [0, 0.05) is 35.6 Å². The predicted molar refractivity (Wildman–Crippen MR) is 19.2 cm³/mol. The van der Waals surface area contributed by atoms with E-state index >= 15 is 0 Å². The molecule has 0 saturated heterocycles. The van der Waals surface area contributed by atoms with Gasteiger partial charge in [-0.1, -0.05) is 0 Å². The molecule has 0 heterocycles. The maximum absolute atomic E-state index is 8.25. The molecule has 0 aliphatic carbocycles. The summed E-state index contributed by atoms with van der Waals surface area (Å²) in [5.41, 5.74) is 0. The molecule has 0 aromatic carbocycles. The zero-order valence-electron chi connectivity index (χ0n) is 1.49. The zero-order valence-corrected chi connectivity index (χ0v) is 6.67. The first-order valence-electron chi connectivity index (χ1n) is 0.204. The summed E-state index contributed by atoms with van der Waals surface area (Å²) in [6, 6.07) is 0. The Hall–Kier alpha value is 3.72. The van der Waals surface area contributed by atoms with Crippen molar-refractivity contribution in [1.82, 2.24) is 0 Å². The average molecular weight is 322 g/mol. The van der Waals surface area contributed by atoms with Gasteiger partial charge in [-0.15, -0.1) is 0 Å². The van der Waals surface area contributed by atoms with Crippen molar-refractivity contribution in [3.05, 3.63) is 0 Å². The van der Waals surface area contributed by atoms with Gasteiger partial charge < -0.3 is 0 Å². The van der Waals surface area contributed by atoms with Crippen LogP contribution in [0, 0.1) is 35.6 Å². The van der Waals surface area contributed by atoms with Crippen LogP contribution in [0.2, 0.25) is 0 Å². The van der Waals surface area contributed by atoms with Crippen LogP contribution in [-0.2, 0) is 23.7 Å². The van der Waals surface area contributed by atoms with Crippen LogP contribution in [0.4, 0.5) is 0 Å². The molecule has 0 spiro atoms. The van der Waals surface area contributed by atoms with Crippen molar-refractivity contribution < 1.29 is 59.3 Å². The predicted octanol–water partition coefficient (Wildman–Crippen LogP) is -2.22. The molecular weight excluding hydrogens is 317 g/mol. The summed E-state index contributed by atoms with van der Waals surface area (Å²) < 4.78 is 8.25. The van der Waals surface area contributed by atoms with E-state index in [2.05, 4.69) is 0 Å². The van der Waals surface area contributed by atoms with E-state index in [-0.39, 0.29) is 98.4 Å². The van der Waals surface area contributed by atoms with Gasteiger partial charge in [-0.25, -0.2) is 0 Å². The molecule has 0 bridgehead atoms. The molecule has 1 nitrogen and oxygen atoms in total. The van der Waals surface area contributed by atoms with Crippen LogP contribution in [0.5, 0.6) is 0 Å². The van der Waals surface area contributed by atoms with Crippen LogP contribution in [0.25, 0.3) is 0 Å². The van der Waals surface area contributed by atoms with Crippen molar-refractivity contribution in [1.29, 1.82) is 0 Å². The number of hydrogen-bond acceptors (Lipinski definition) is 1. The van der Waals surface area contributed by atoms with E-state index in [1.165, 1.54) is 0 Å². The van der Waals surface area contributed by atoms with Crippen LogP contribution >= 0.6 is 0 Å². The van der Waals surface area contributed by atoms with Gasteiger partial charge in [0.1, 0.15) is 0 Å². The van der Waals surface area contributed by atoms with E-state index in [0.29, 0.717) is 0 Å². The molecule has 0 rings (SSSR count). The Labute approximate surface area is 119 Å². The molecule has 0 saturated carbocycles. The van der Waals surface area contributed by atoms with E-state index < -0.39 is 0 Å². The monoisotopic (exact) mass is 323 g/mol. The normalized spacial score (nSPS) is 0.600. The summed E-state index contributed by atoms with van der Waals surface area (Å²) >= 11 is 0.750. The topological polar surface area (TPSA) is 17.1 Å². The Balaban J connectivity index is -0.00000000167. The molecule has 5 heteroatoms. The summed E-state index contributed by atoms with van der Waals surface area (Å²) in [6.45, 7) is 0. The molecule has 0 N–H and O–H groups in total. The molecule has 0 amide bonds. The van der Waals surface area contributed by atoms with Gasteiger partial charge in [0.25, 0.3) is 0 Å². The van der Waals surface area contributed by atoms with Crippen molar-refractivity contribution in [3.63, 3.8) is 0 Å². The molecule has 0 aliphatic rings. The van der Waals surface area contributed by atoms with Gasteiger partial charge >= 0.3 is 69.2 Å². The van der Waals surface area contributed by atoms with Crippen LogP contribution in [0.15, 0.2) is 0 Å². The Morgan fingerprint density at radius 1 is 1.20 bits per heavy atom. The van der Waals surface area contributed by atoms with Crippen molar-refractivity contribution in [2.24, 2.45) is 0 Å². The second-order valence-corrected chi connectivity index (χ2v) is 0. The molecule has 23 valence electrons. The van der Waals surface area contributed by atoms with Crippen molar-refractivity contribution >= 4 is 62.8 Å². The number of rotatable bonds is 0. The fraction of sp³-hybridized carbons (Fsp3) is 0. The summed E-state index contributed by atoms with van der Waals surface area (Å²) in [7, 11) is 0. The fourth-order valence-electron chi connectivity index (χ4n) is 0. The Morgan fingerprint density at radius 3 is 1.20 bits per heavy atom. The number of hydrogen-bond donors (Lipinski definition) is 0. The maximum atomic E-state index is 8.25. The minimum atomic E-state index is 0. The van der Waals surface area contributed by atoms with E-state index in [1.54, 1.807) is 0 Å². The summed E-state index contributed by atoms with van der Waals surface area (Å²) in [6.07, 6.45) is 0. The molecule has 0 unspecified atom stereocenters. The molecule has 0 aliphatic heterocycles. The zero-order chi connectivity index (χ0) is 2.00. The first-order valence-corrected chi connectivity index (χ1v) is 0.842. The average Bonchev–Trinajstić information content (AvgIpc) is 1.00. The molecule has 1 radical (unpaired) electrons. The second kappa shape index (κ2) is 25.2. The van der Waals surface area contributed by atoms with Gasteiger partial charge in [-0.2, -0.15) is 0 Å². The van der Waals surface area contributed by atoms with Gasteiger partial charge in [-0.3, -0.25) is 0 Å². The van der Waals surface area contributed by atoms with E-state index in [9.17, 15) is 0 Å². The molecular formula is H5AlLaOSrTi. The Bertz CT molecular complexity index is 11.6. The quantitative estimate of drug-likeness (QED) is 0.462. The van der Waals surface area contributed by atoms with Crippen LogP contribution in [0.3, 0.4) is 0 Å². The van der Waals surface area contributed by atoms with Crippen LogP contribution in [0.1, 0.15) is 0 Å². The summed E-state index contributed by atoms with van der Waals surface area (Å²) in [5.74, 6) is 0. The van der Waals surface area contributed by atoms with Crippen molar-refractivity contribution in [2.75, 3.05) is 0 Å². The van der Waals surface area contributed by atoms with Crippen molar-refractivity contribution in [2.45, 2.75) is 0 Å². The van der Waals surface area contributed by atoms with Crippen LogP contribution < -0.4 is 0 Å². The standard InChI is InChI=1S/Al.La.O.Sr.Ti.5H. The fourth-order valence-corrected chi connectivity index (χ4v) is 0. The SMILES string of the molecule is [AlH3].[La].[O]=[Ti].[SrH2]. The van der Waals surface area contributed by atoms with Crippen molar-refractivity contribution in [3.8, 4) is 0 Å². The third-order valence-corrected chi connectivity index (χ3v) is 0. The van der Waals surface area contributed by atoms with Gasteiger partial charge in [0.15, 0.2) is 17.4 Å². The first kappa shape index (κ1) is 23.3. The van der Waals surface area contributed by atoms with Gasteiger partial charge in [0.05, 0.1) is 0 Å². The summed E-state index contributed by atoms with van der Waals surface area (Å²) in [5, 5.41) is 0. The third kappa shape index (κ3) is 18.3. The third-order valence-electron chi connectivity index (χ3n) is 0. The summed E-state index contributed by atoms with van der Waals surface area (Å²) in [4.78, 5) is 0. The molecule has 0 aromatic rings. The Kier molecular flexibility index (Phi) is 117. The molecule has 0 aromatic heterocycles. The van der Waals surface area contributed by atoms with E-state index in [0.717, 1.165) is 20.4 Å². The van der Waals surface area contributed by atoms with E-state index in [4.69, 9.17) is 3.32 Å². The van der Waals surface area contributed by atoms with Gasteiger partial charge in [0.2, 0.25) is 0 Å². The minimum absolute atomic E-state index is 0. The molecule has 0 atom stereocenters. The molecule has 0 fully saturated rings. The van der Waals surface area contributed by atoms with Gasteiger partial charge in [-0.05, 0) is 0 Å². The second-order valence-electron chi connectivity index (χ2n) is 0.